The largest absolute Gasteiger partial charge is 0.481 e. The number of ether oxygens (including phenoxy) is 1. The van der Waals surface area contributed by atoms with E-state index in [1.165, 1.54) is 0 Å². The predicted octanol–water partition coefficient (Wildman–Crippen LogP) is 2.06. The van der Waals surface area contributed by atoms with Crippen LogP contribution in [0.2, 0.25) is 0 Å². The lowest BCUT2D eigenvalue weighted by molar-refractivity contribution is -0.153. The number of carboxylic acids is 1. The second-order valence-electron chi connectivity index (χ2n) is 7.01. The number of amides is 1. The number of hydrogen-bond donors (Lipinski definition) is 1. The molecule has 0 aliphatic carbocycles. The first-order valence-electron chi connectivity index (χ1n) is 9.11. The highest BCUT2D eigenvalue weighted by Crippen LogP contribution is 2.40. The number of hydrogen-bond acceptors (Lipinski definition) is 4. The summed E-state index contributed by atoms with van der Waals surface area (Å²) in [4.78, 5) is 26.4. The number of likely N-dealkylation sites (tertiary alicyclic amines) is 1. The molecule has 3 rings (SSSR count). The highest BCUT2D eigenvalue weighted by atomic mass is 16.5. The summed E-state index contributed by atoms with van der Waals surface area (Å²) < 4.78 is 7.59. The lowest BCUT2D eigenvalue weighted by Gasteiger charge is -2.41. The Balaban J connectivity index is 2.02. The van der Waals surface area contributed by atoms with E-state index in [-0.39, 0.29) is 18.4 Å². The number of aliphatic carboxylic acids is 1. The van der Waals surface area contributed by atoms with Gasteiger partial charge in [-0.05, 0) is 40.0 Å². The summed E-state index contributed by atoms with van der Waals surface area (Å²) in [5.41, 5.74) is 2.64. The maximum Gasteiger partial charge on any atom is 0.308 e. The molecule has 0 unspecified atom stereocenters. The fourth-order valence-corrected chi connectivity index (χ4v) is 4.24. The lowest BCUT2D eigenvalue weighted by atomic mass is 9.83. The van der Waals surface area contributed by atoms with Gasteiger partial charge in [0, 0.05) is 37.4 Å². The fourth-order valence-electron chi connectivity index (χ4n) is 4.24. The predicted molar refractivity (Wildman–Crippen MR) is 91.2 cm³/mol. The van der Waals surface area contributed by atoms with Gasteiger partial charge in [0.2, 0.25) is 5.91 Å². The van der Waals surface area contributed by atoms with Gasteiger partial charge in [-0.2, -0.15) is 5.10 Å². The van der Waals surface area contributed by atoms with E-state index in [1.54, 1.807) is 4.90 Å². The average Bonchev–Trinajstić information content (AvgIpc) is 3.17. The summed E-state index contributed by atoms with van der Waals surface area (Å²) in [6, 6.07) is -0.469. The van der Waals surface area contributed by atoms with Crippen molar-refractivity contribution in [1.82, 2.24) is 14.7 Å². The zero-order valence-corrected chi connectivity index (χ0v) is 15.2. The standard InChI is InChI=1S/C18H27N3O4/c1-4-21-12(3)16(11(2)19-21)17-14(18(23)24)7-8-15(22)20(17)10-13-6-5-9-25-13/h13-14,17H,4-10H2,1-3H3,(H,23,24)/t13-,14+,17+/m1/s1. The number of rotatable bonds is 5. The molecule has 7 nitrogen and oxygen atoms in total. The van der Waals surface area contributed by atoms with E-state index in [0.717, 1.165) is 36.3 Å². The third-order valence-electron chi connectivity index (χ3n) is 5.48. The quantitative estimate of drug-likeness (QED) is 0.879. The second-order valence-corrected chi connectivity index (χ2v) is 7.01. The monoisotopic (exact) mass is 349 g/mol. The number of carbonyl (C=O) groups excluding carboxylic acids is 1. The van der Waals surface area contributed by atoms with Gasteiger partial charge in [0.25, 0.3) is 0 Å². The van der Waals surface area contributed by atoms with Gasteiger partial charge < -0.3 is 14.7 Å². The molecule has 3 atom stereocenters. The third kappa shape index (κ3) is 3.29. The lowest BCUT2D eigenvalue weighted by Crippen LogP contribution is -2.48. The van der Waals surface area contributed by atoms with E-state index in [1.807, 2.05) is 25.5 Å². The van der Waals surface area contributed by atoms with Crippen molar-refractivity contribution in [3.63, 3.8) is 0 Å². The summed E-state index contributed by atoms with van der Waals surface area (Å²) in [5.74, 6) is -1.44. The number of piperidine rings is 1. The number of carboxylic acid groups (broad SMARTS) is 1. The van der Waals surface area contributed by atoms with Crippen molar-refractivity contribution in [3.8, 4) is 0 Å². The molecule has 7 heteroatoms. The molecule has 0 radical (unpaired) electrons. The summed E-state index contributed by atoms with van der Waals surface area (Å²) in [6.45, 7) is 7.76. The van der Waals surface area contributed by atoms with Gasteiger partial charge in [-0.1, -0.05) is 0 Å². The topological polar surface area (TPSA) is 84.7 Å². The van der Waals surface area contributed by atoms with Crippen LogP contribution in [-0.4, -0.2) is 50.9 Å². The Hall–Kier alpha value is -1.89. The number of carbonyl (C=O) groups is 2. The molecular formula is C18H27N3O4. The van der Waals surface area contributed by atoms with Crippen LogP contribution < -0.4 is 0 Å². The molecule has 0 bridgehead atoms. The Morgan fingerprint density at radius 1 is 1.36 bits per heavy atom. The van der Waals surface area contributed by atoms with Gasteiger partial charge >= 0.3 is 5.97 Å². The van der Waals surface area contributed by atoms with E-state index in [2.05, 4.69) is 5.10 Å². The second kappa shape index (κ2) is 7.15. The molecule has 1 aromatic heterocycles. The van der Waals surface area contributed by atoms with Crippen LogP contribution in [0.15, 0.2) is 0 Å². The van der Waals surface area contributed by atoms with Crippen molar-refractivity contribution >= 4 is 11.9 Å². The molecule has 1 aromatic rings. The Bertz CT molecular complexity index is 664. The Labute approximate surface area is 147 Å². The van der Waals surface area contributed by atoms with Crippen LogP contribution in [0.3, 0.4) is 0 Å². The molecule has 0 aromatic carbocycles. The average molecular weight is 349 g/mol. The van der Waals surface area contributed by atoms with E-state index in [4.69, 9.17) is 4.74 Å². The smallest absolute Gasteiger partial charge is 0.308 e. The van der Waals surface area contributed by atoms with Gasteiger partial charge in [0.1, 0.15) is 0 Å². The van der Waals surface area contributed by atoms with Crippen molar-refractivity contribution in [2.24, 2.45) is 5.92 Å². The Morgan fingerprint density at radius 3 is 2.68 bits per heavy atom. The number of aromatic nitrogens is 2. The SMILES string of the molecule is CCn1nc(C)c([C@@H]2[C@@H](C(=O)O)CCC(=O)N2C[C@H]2CCCO2)c1C. The Morgan fingerprint density at radius 2 is 2.12 bits per heavy atom. The molecule has 0 saturated carbocycles. The first-order valence-corrected chi connectivity index (χ1v) is 9.11. The van der Waals surface area contributed by atoms with Crippen molar-refractivity contribution < 1.29 is 19.4 Å². The molecule has 0 spiro atoms. The maximum absolute atomic E-state index is 12.7. The van der Waals surface area contributed by atoms with Crippen molar-refractivity contribution in [1.29, 1.82) is 0 Å². The number of aryl methyl sites for hydroxylation is 2. The molecule has 2 aliphatic rings. The van der Waals surface area contributed by atoms with Crippen LogP contribution in [0, 0.1) is 19.8 Å². The normalized spacial score (nSPS) is 27.1. The van der Waals surface area contributed by atoms with Gasteiger partial charge in [0.15, 0.2) is 0 Å². The summed E-state index contributed by atoms with van der Waals surface area (Å²) in [6.07, 6.45) is 2.56. The van der Waals surface area contributed by atoms with E-state index >= 15 is 0 Å². The zero-order valence-electron chi connectivity index (χ0n) is 15.2. The maximum atomic E-state index is 12.7. The molecule has 1 amide bonds. The van der Waals surface area contributed by atoms with Crippen LogP contribution in [0.1, 0.15) is 55.6 Å². The molecule has 2 fully saturated rings. The third-order valence-corrected chi connectivity index (χ3v) is 5.48. The Kier molecular flexibility index (Phi) is 5.13. The molecule has 1 N–H and O–H groups in total. The first kappa shape index (κ1) is 17.9. The van der Waals surface area contributed by atoms with Crippen molar-refractivity contribution in [2.75, 3.05) is 13.2 Å². The van der Waals surface area contributed by atoms with E-state index in [0.29, 0.717) is 19.6 Å². The van der Waals surface area contributed by atoms with Crippen LogP contribution in [0.4, 0.5) is 0 Å². The van der Waals surface area contributed by atoms with Crippen LogP contribution in [0.5, 0.6) is 0 Å². The highest BCUT2D eigenvalue weighted by Gasteiger charge is 2.44. The minimum atomic E-state index is -0.849. The van der Waals surface area contributed by atoms with Crippen LogP contribution >= 0.6 is 0 Å². The summed E-state index contributed by atoms with van der Waals surface area (Å²) >= 11 is 0. The summed E-state index contributed by atoms with van der Waals surface area (Å²) in [5, 5.41) is 14.3. The highest BCUT2D eigenvalue weighted by molar-refractivity contribution is 5.82. The van der Waals surface area contributed by atoms with E-state index < -0.39 is 17.9 Å². The summed E-state index contributed by atoms with van der Waals surface area (Å²) in [7, 11) is 0. The molecule has 2 aliphatic heterocycles. The van der Waals surface area contributed by atoms with Gasteiger partial charge in [-0.15, -0.1) is 0 Å². The zero-order chi connectivity index (χ0) is 18.1. The molecular weight excluding hydrogens is 322 g/mol. The molecule has 138 valence electrons. The minimum Gasteiger partial charge on any atom is -0.481 e. The van der Waals surface area contributed by atoms with Gasteiger partial charge in [-0.3, -0.25) is 14.3 Å². The van der Waals surface area contributed by atoms with Gasteiger partial charge in [0.05, 0.1) is 23.8 Å². The fraction of sp³-hybridized carbons (Fsp3) is 0.722. The van der Waals surface area contributed by atoms with Crippen LogP contribution in [-0.2, 0) is 20.9 Å². The van der Waals surface area contributed by atoms with E-state index in [9.17, 15) is 14.7 Å². The molecule has 25 heavy (non-hydrogen) atoms. The molecule has 3 heterocycles. The molecule has 2 saturated heterocycles. The minimum absolute atomic E-state index is 0.000766. The van der Waals surface area contributed by atoms with Crippen LogP contribution in [0.25, 0.3) is 0 Å². The van der Waals surface area contributed by atoms with Gasteiger partial charge in [-0.25, -0.2) is 0 Å². The van der Waals surface area contributed by atoms with Crippen molar-refractivity contribution in [3.05, 3.63) is 17.0 Å². The number of nitrogens with zero attached hydrogens (tertiary/aromatic N) is 3. The first-order chi connectivity index (χ1) is 11.9. The van der Waals surface area contributed by atoms with Crippen molar-refractivity contribution in [2.45, 2.75) is 65.1 Å².